The van der Waals surface area contributed by atoms with Gasteiger partial charge in [-0.15, -0.1) is 0 Å². The smallest absolute Gasteiger partial charge is 0.332 e. The lowest BCUT2D eigenvalue weighted by Crippen LogP contribution is -2.60. The van der Waals surface area contributed by atoms with E-state index in [2.05, 4.69) is 19.6 Å². The van der Waals surface area contributed by atoms with Gasteiger partial charge in [0.1, 0.15) is 30.5 Å². The Morgan fingerprint density at radius 3 is 1.71 bits per heavy atom. The van der Waals surface area contributed by atoms with Crippen molar-refractivity contribution in [3.05, 3.63) is 0 Å². The highest BCUT2D eigenvalue weighted by Gasteiger charge is 2.46. The zero-order valence-corrected chi connectivity index (χ0v) is 28.3. The Morgan fingerprint density at radius 2 is 1.22 bits per heavy atom. The van der Waals surface area contributed by atoms with Gasteiger partial charge in [-0.3, -0.25) is 9.59 Å². The first-order valence-corrected chi connectivity index (χ1v) is 17.9. The second-order valence-corrected chi connectivity index (χ2v) is 12.7. The number of hydrogen-bond acceptors (Lipinski definition) is 10. The summed E-state index contributed by atoms with van der Waals surface area (Å²) < 4.78 is 10.7. The van der Waals surface area contributed by atoms with Gasteiger partial charge in [-0.1, -0.05) is 103 Å². The molecule has 0 aromatic heterocycles. The Balaban J connectivity index is 2.65. The summed E-state index contributed by atoms with van der Waals surface area (Å²) in [7, 11) is 0. The number of aliphatic hydroxyl groups excluding tert-OH is 4. The summed E-state index contributed by atoms with van der Waals surface area (Å²) >= 11 is 4.35. The largest absolute Gasteiger partial charge is 0.481 e. The van der Waals surface area contributed by atoms with Gasteiger partial charge in [-0.2, -0.15) is 12.6 Å². The average Bonchev–Trinajstić information content (AvgIpc) is 3.02. The third-order valence-electron chi connectivity index (χ3n) is 8.51. The predicted octanol–water partition coefficient (Wildman–Crippen LogP) is 4.36. The van der Waals surface area contributed by atoms with Gasteiger partial charge in [0.2, 0.25) is 12.2 Å². The number of carboxylic acids is 1. The minimum Gasteiger partial charge on any atom is -0.481 e. The molecule has 264 valence electrons. The first-order valence-electron chi connectivity index (χ1n) is 17.3. The van der Waals surface area contributed by atoms with Crippen LogP contribution in [-0.4, -0.2) is 104 Å². The second kappa shape index (κ2) is 25.6. The third kappa shape index (κ3) is 17.3. The molecule has 6 atom stereocenters. The van der Waals surface area contributed by atoms with Gasteiger partial charge in [-0.25, -0.2) is 4.79 Å². The number of thiol groups is 1. The molecular formula is C33H61NO10S. The first kappa shape index (κ1) is 41.6. The molecule has 0 spiro atoms. The van der Waals surface area contributed by atoms with Crippen LogP contribution < -0.4 is 0 Å². The summed E-state index contributed by atoms with van der Waals surface area (Å²) in [6.45, 7) is 1.90. The molecule has 0 aromatic rings. The van der Waals surface area contributed by atoms with Crippen molar-refractivity contribution in [2.24, 2.45) is 0 Å². The van der Waals surface area contributed by atoms with Gasteiger partial charge in [0.15, 0.2) is 0 Å². The number of unbranched alkanes of at least 4 members (excludes halogenated alkanes) is 16. The molecule has 1 aliphatic heterocycles. The number of carbonyl (C=O) groups is 3. The van der Waals surface area contributed by atoms with Crippen LogP contribution in [0.1, 0.15) is 135 Å². The van der Waals surface area contributed by atoms with Crippen LogP contribution in [0.2, 0.25) is 0 Å². The van der Waals surface area contributed by atoms with E-state index >= 15 is 0 Å². The summed E-state index contributed by atoms with van der Waals surface area (Å²) in [6.07, 6.45) is 11.2. The van der Waals surface area contributed by atoms with Crippen molar-refractivity contribution >= 4 is 30.5 Å². The molecule has 5 N–H and O–H groups in total. The van der Waals surface area contributed by atoms with E-state index in [9.17, 15) is 34.8 Å². The van der Waals surface area contributed by atoms with Crippen molar-refractivity contribution in [3.63, 3.8) is 0 Å². The second-order valence-electron chi connectivity index (χ2n) is 12.3. The summed E-state index contributed by atoms with van der Waals surface area (Å²) in [6, 6.07) is -1.03. The number of amides is 1. The van der Waals surface area contributed by atoms with Crippen LogP contribution >= 0.6 is 12.6 Å². The highest BCUT2D eigenvalue weighted by molar-refractivity contribution is 7.80. The zero-order valence-electron chi connectivity index (χ0n) is 27.4. The van der Waals surface area contributed by atoms with E-state index in [1.807, 2.05) is 0 Å². The minimum absolute atomic E-state index is 0.0123. The van der Waals surface area contributed by atoms with Gasteiger partial charge in [0.05, 0.1) is 6.61 Å². The Hall–Kier alpha value is -1.44. The lowest BCUT2D eigenvalue weighted by atomic mass is 9.99. The van der Waals surface area contributed by atoms with Gasteiger partial charge in [0, 0.05) is 25.1 Å². The molecule has 0 radical (unpaired) electrons. The maximum atomic E-state index is 13.4. The molecule has 1 heterocycles. The maximum absolute atomic E-state index is 13.4. The topological polar surface area (TPSA) is 174 Å². The fraction of sp³-hybridized carbons (Fsp3) is 0.909. The van der Waals surface area contributed by atoms with Crippen molar-refractivity contribution in [2.75, 3.05) is 18.9 Å². The van der Waals surface area contributed by atoms with Crippen LogP contribution in [0.5, 0.6) is 0 Å². The summed E-state index contributed by atoms with van der Waals surface area (Å²) in [5.74, 6) is -1.76. The number of aliphatic hydroxyl groups is 4. The number of rotatable bonds is 27. The molecular weight excluding hydrogens is 602 g/mol. The van der Waals surface area contributed by atoms with Crippen molar-refractivity contribution in [1.29, 1.82) is 0 Å². The van der Waals surface area contributed by atoms with Gasteiger partial charge < -0.3 is 39.9 Å². The Labute approximate surface area is 275 Å². The van der Waals surface area contributed by atoms with Crippen LogP contribution in [0.3, 0.4) is 0 Å². The highest BCUT2D eigenvalue weighted by atomic mass is 32.1. The van der Waals surface area contributed by atoms with E-state index in [1.54, 1.807) is 0 Å². The summed E-state index contributed by atoms with van der Waals surface area (Å²) in [4.78, 5) is 38.8. The number of carbonyl (C=O) groups excluding carboxylic acids is 2. The van der Waals surface area contributed by atoms with Crippen LogP contribution in [0.15, 0.2) is 0 Å². The number of esters is 1. The normalized spacial score (nSPS) is 22.2. The predicted molar refractivity (Wildman–Crippen MR) is 175 cm³/mol. The van der Waals surface area contributed by atoms with Crippen molar-refractivity contribution in [3.8, 4) is 0 Å². The number of aliphatic carboxylic acids is 1. The fourth-order valence-electron chi connectivity index (χ4n) is 5.64. The minimum atomic E-state index is -1.73. The van der Waals surface area contributed by atoms with Gasteiger partial charge >= 0.3 is 11.9 Å². The standard InChI is InChI=1S/C33H61NO10S/c1-2-3-4-5-6-8-11-14-17-20-27(36)34(22-19-16-13-10-7-9-12-15-18-21-28(37)38)25(24-45)32(42)44-33-31(41)30(40)29(39)26(23-35)43-33/h25-26,29-31,33,35,39-41,45H,2-24H2,1H3,(H,37,38)/t25-,26+,29+,30-,31+,33?/m0/s1. The molecule has 1 fully saturated rings. The fourth-order valence-corrected chi connectivity index (χ4v) is 5.98. The molecule has 1 aliphatic rings. The third-order valence-corrected chi connectivity index (χ3v) is 8.85. The number of carboxylic acid groups (broad SMARTS) is 1. The molecule has 1 amide bonds. The van der Waals surface area contributed by atoms with Crippen LogP contribution in [0.4, 0.5) is 0 Å². The summed E-state index contributed by atoms with van der Waals surface area (Å²) in [5.41, 5.74) is 0. The van der Waals surface area contributed by atoms with Gasteiger partial charge in [-0.05, 0) is 19.3 Å². The average molecular weight is 664 g/mol. The maximum Gasteiger partial charge on any atom is 0.332 e. The van der Waals surface area contributed by atoms with E-state index in [1.165, 1.54) is 37.0 Å². The SMILES string of the molecule is CCCCCCCCCCCC(=O)N(CCCCCCCCCCCC(=O)O)[C@@H](CS)C(=O)OC1O[C@H](CO)[C@@H](O)[C@H](O)[C@H]1O. The highest BCUT2D eigenvalue weighted by Crippen LogP contribution is 2.23. The van der Waals surface area contributed by atoms with E-state index in [-0.39, 0.29) is 18.1 Å². The first-order chi connectivity index (χ1) is 21.7. The molecule has 45 heavy (non-hydrogen) atoms. The van der Waals surface area contributed by atoms with Crippen molar-refractivity contribution in [2.45, 2.75) is 172 Å². The molecule has 1 rings (SSSR count). The quantitative estimate of drug-likeness (QED) is 0.0421. The molecule has 0 saturated carbocycles. The number of ether oxygens (including phenoxy) is 2. The summed E-state index contributed by atoms with van der Waals surface area (Å²) in [5, 5.41) is 48.6. The van der Waals surface area contributed by atoms with E-state index in [4.69, 9.17) is 14.6 Å². The van der Waals surface area contributed by atoms with E-state index in [0.717, 1.165) is 70.6 Å². The zero-order chi connectivity index (χ0) is 33.5. The Bertz CT molecular complexity index is 801. The number of nitrogens with zero attached hydrogens (tertiary/aromatic N) is 1. The lowest BCUT2D eigenvalue weighted by molar-refractivity contribution is -0.293. The van der Waals surface area contributed by atoms with E-state index in [0.29, 0.717) is 25.8 Å². The monoisotopic (exact) mass is 663 g/mol. The lowest BCUT2D eigenvalue weighted by Gasteiger charge is -2.40. The molecule has 11 nitrogen and oxygen atoms in total. The van der Waals surface area contributed by atoms with Crippen molar-refractivity contribution in [1.82, 2.24) is 4.90 Å². The molecule has 1 saturated heterocycles. The molecule has 1 unspecified atom stereocenters. The Kier molecular flexibility index (Phi) is 23.7. The van der Waals surface area contributed by atoms with Crippen LogP contribution in [-0.2, 0) is 23.9 Å². The number of hydrogen-bond donors (Lipinski definition) is 6. The molecule has 0 bridgehead atoms. The Morgan fingerprint density at radius 1 is 0.733 bits per heavy atom. The van der Waals surface area contributed by atoms with E-state index < -0.39 is 55.3 Å². The van der Waals surface area contributed by atoms with Crippen LogP contribution in [0.25, 0.3) is 0 Å². The molecule has 0 aliphatic carbocycles. The van der Waals surface area contributed by atoms with Gasteiger partial charge in [0.25, 0.3) is 0 Å². The molecule has 0 aromatic carbocycles. The van der Waals surface area contributed by atoms with Crippen LogP contribution in [0, 0.1) is 0 Å². The van der Waals surface area contributed by atoms with Crippen molar-refractivity contribution < 1.29 is 49.4 Å². The molecule has 12 heteroatoms.